The smallest absolute Gasteiger partial charge is 0.0417 e. The third-order valence-corrected chi connectivity index (χ3v) is 4.74. The van der Waals surface area contributed by atoms with E-state index in [9.17, 15) is 0 Å². The third-order valence-electron chi connectivity index (χ3n) is 3.27. The van der Waals surface area contributed by atoms with Crippen LogP contribution < -0.4 is 5.32 Å². The second kappa shape index (κ2) is 7.96. The van der Waals surface area contributed by atoms with Gasteiger partial charge in [0, 0.05) is 11.8 Å². The molecule has 0 aromatic heterocycles. The highest BCUT2D eigenvalue weighted by molar-refractivity contribution is 7.99. The number of hydrogen-bond acceptors (Lipinski definition) is 2. The van der Waals surface area contributed by atoms with E-state index in [4.69, 9.17) is 0 Å². The van der Waals surface area contributed by atoms with Crippen LogP contribution in [-0.2, 0) is 0 Å². The molecule has 1 nitrogen and oxygen atoms in total. The maximum absolute atomic E-state index is 3.65. The van der Waals surface area contributed by atoms with E-state index in [0.717, 1.165) is 18.2 Å². The highest BCUT2D eigenvalue weighted by Crippen LogP contribution is 2.27. The number of aryl methyl sites for hydroxylation is 3. The van der Waals surface area contributed by atoms with Crippen molar-refractivity contribution in [2.24, 2.45) is 5.92 Å². The van der Waals surface area contributed by atoms with E-state index in [1.807, 2.05) is 0 Å². The maximum atomic E-state index is 3.65. The summed E-state index contributed by atoms with van der Waals surface area (Å²) in [6.07, 6.45) is 0. The average molecular weight is 279 g/mol. The zero-order chi connectivity index (χ0) is 14.4. The van der Waals surface area contributed by atoms with Gasteiger partial charge in [-0.05, 0) is 55.7 Å². The zero-order valence-corrected chi connectivity index (χ0v) is 14.2. The standard InChI is InChI=1S/C17H29NS/c1-7-18-16(11-19-10-12(2)3)17-14(5)8-13(4)9-15(17)6/h8-9,12,16,18H,7,10-11H2,1-6H3. The fourth-order valence-electron chi connectivity index (χ4n) is 2.65. The van der Waals surface area contributed by atoms with Gasteiger partial charge < -0.3 is 5.32 Å². The molecule has 0 fully saturated rings. The van der Waals surface area contributed by atoms with Gasteiger partial charge in [-0.25, -0.2) is 0 Å². The van der Waals surface area contributed by atoms with Gasteiger partial charge in [-0.3, -0.25) is 0 Å². The fraction of sp³-hybridized carbons (Fsp3) is 0.647. The van der Waals surface area contributed by atoms with Gasteiger partial charge in [-0.15, -0.1) is 0 Å². The largest absolute Gasteiger partial charge is 0.309 e. The summed E-state index contributed by atoms with van der Waals surface area (Å²) in [6, 6.07) is 5.09. The summed E-state index contributed by atoms with van der Waals surface area (Å²) in [7, 11) is 0. The summed E-state index contributed by atoms with van der Waals surface area (Å²) in [6.45, 7) is 14.5. The number of rotatable bonds is 7. The van der Waals surface area contributed by atoms with E-state index >= 15 is 0 Å². The molecule has 0 aliphatic heterocycles. The molecule has 0 saturated heterocycles. The molecule has 108 valence electrons. The molecule has 0 aliphatic rings. The van der Waals surface area contributed by atoms with Crippen molar-refractivity contribution in [2.45, 2.75) is 47.6 Å². The van der Waals surface area contributed by atoms with Crippen LogP contribution in [0.15, 0.2) is 12.1 Å². The Labute approximate surface area is 123 Å². The minimum Gasteiger partial charge on any atom is -0.309 e. The monoisotopic (exact) mass is 279 g/mol. The van der Waals surface area contributed by atoms with Gasteiger partial charge in [-0.1, -0.05) is 38.5 Å². The second-order valence-electron chi connectivity index (χ2n) is 5.85. The van der Waals surface area contributed by atoms with Crippen LogP contribution in [0.1, 0.15) is 49.1 Å². The van der Waals surface area contributed by atoms with E-state index in [2.05, 4.69) is 70.8 Å². The summed E-state index contributed by atoms with van der Waals surface area (Å²) in [4.78, 5) is 0. The van der Waals surface area contributed by atoms with Gasteiger partial charge in [0.15, 0.2) is 0 Å². The lowest BCUT2D eigenvalue weighted by Gasteiger charge is -2.23. The second-order valence-corrected chi connectivity index (χ2v) is 6.93. The van der Waals surface area contributed by atoms with Crippen molar-refractivity contribution >= 4 is 11.8 Å². The van der Waals surface area contributed by atoms with Crippen LogP contribution in [0.5, 0.6) is 0 Å². The van der Waals surface area contributed by atoms with Crippen LogP contribution in [0.25, 0.3) is 0 Å². The van der Waals surface area contributed by atoms with E-state index in [-0.39, 0.29) is 0 Å². The molecule has 0 spiro atoms. The normalized spacial score (nSPS) is 13.0. The predicted molar refractivity (Wildman–Crippen MR) is 89.2 cm³/mol. The Morgan fingerprint density at radius 3 is 2.11 bits per heavy atom. The minimum absolute atomic E-state index is 0.481. The van der Waals surface area contributed by atoms with E-state index in [0.29, 0.717) is 6.04 Å². The molecule has 1 aromatic carbocycles. The molecule has 1 N–H and O–H groups in total. The lowest BCUT2D eigenvalue weighted by atomic mass is 9.95. The summed E-state index contributed by atoms with van der Waals surface area (Å²) in [5.41, 5.74) is 5.72. The summed E-state index contributed by atoms with van der Waals surface area (Å²) >= 11 is 2.06. The average Bonchev–Trinajstić information content (AvgIpc) is 2.26. The van der Waals surface area contributed by atoms with Crippen LogP contribution >= 0.6 is 11.8 Å². The predicted octanol–water partition coefficient (Wildman–Crippen LogP) is 4.65. The molecule has 0 amide bonds. The molecule has 0 radical (unpaired) electrons. The number of hydrogen-bond donors (Lipinski definition) is 1. The molecule has 19 heavy (non-hydrogen) atoms. The molecule has 0 saturated carbocycles. The highest BCUT2D eigenvalue weighted by Gasteiger charge is 2.15. The van der Waals surface area contributed by atoms with Crippen molar-refractivity contribution in [2.75, 3.05) is 18.1 Å². The first kappa shape index (κ1) is 16.6. The van der Waals surface area contributed by atoms with Crippen molar-refractivity contribution in [3.63, 3.8) is 0 Å². The Balaban J connectivity index is 2.86. The quantitative estimate of drug-likeness (QED) is 0.779. The maximum Gasteiger partial charge on any atom is 0.0417 e. The first-order valence-corrected chi connectivity index (χ1v) is 8.50. The van der Waals surface area contributed by atoms with Crippen molar-refractivity contribution in [3.8, 4) is 0 Å². The van der Waals surface area contributed by atoms with E-state index in [1.165, 1.54) is 28.0 Å². The molecule has 2 heteroatoms. The molecule has 0 heterocycles. The molecule has 1 atom stereocenters. The van der Waals surface area contributed by atoms with Crippen molar-refractivity contribution in [1.29, 1.82) is 0 Å². The third kappa shape index (κ3) is 5.19. The van der Waals surface area contributed by atoms with Crippen molar-refractivity contribution in [3.05, 3.63) is 34.4 Å². The Hall–Kier alpha value is -0.470. The molecular formula is C17H29NS. The molecule has 0 aliphatic carbocycles. The number of thioether (sulfide) groups is 1. The van der Waals surface area contributed by atoms with Gasteiger partial charge in [0.1, 0.15) is 0 Å². The Morgan fingerprint density at radius 2 is 1.63 bits per heavy atom. The molecule has 0 bridgehead atoms. The first-order chi connectivity index (χ1) is 8.95. The topological polar surface area (TPSA) is 12.0 Å². The van der Waals surface area contributed by atoms with Gasteiger partial charge in [0.25, 0.3) is 0 Å². The van der Waals surface area contributed by atoms with Gasteiger partial charge in [-0.2, -0.15) is 11.8 Å². The molecule has 1 unspecified atom stereocenters. The van der Waals surface area contributed by atoms with Crippen LogP contribution in [0, 0.1) is 26.7 Å². The minimum atomic E-state index is 0.481. The molecule has 1 rings (SSSR count). The lowest BCUT2D eigenvalue weighted by molar-refractivity contribution is 0.599. The SMILES string of the molecule is CCNC(CSCC(C)C)c1c(C)cc(C)cc1C. The molecular weight excluding hydrogens is 250 g/mol. The van der Waals surface area contributed by atoms with E-state index < -0.39 is 0 Å². The lowest BCUT2D eigenvalue weighted by Crippen LogP contribution is -2.25. The highest BCUT2D eigenvalue weighted by atomic mass is 32.2. The summed E-state index contributed by atoms with van der Waals surface area (Å²) in [5.74, 6) is 3.18. The van der Waals surface area contributed by atoms with Crippen LogP contribution in [0.3, 0.4) is 0 Å². The van der Waals surface area contributed by atoms with Crippen LogP contribution in [-0.4, -0.2) is 18.1 Å². The number of nitrogens with one attached hydrogen (secondary N) is 1. The molecule has 1 aromatic rings. The van der Waals surface area contributed by atoms with Gasteiger partial charge in [0.05, 0.1) is 0 Å². The fourth-order valence-corrected chi connectivity index (χ4v) is 3.78. The zero-order valence-electron chi connectivity index (χ0n) is 13.3. The summed E-state index contributed by atoms with van der Waals surface area (Å²) in [5, 5.41) is 3.65. The van der Waals surface area contributed by atoms with Crippen molar-refractivity contribution < 1.29 is 0 Å². The van der Waals surface area contributed by atoms with Gasteiger partial charge >= 0.3 is 0 Å². The van der Waals surface area contributed by atoms with Crippen molar-refractivity contribution in [1.82, 2.24) is 5.32 Å². The Bertz CT molecular complexity index is 375. The Morgan fingerprint density at radius 1 is 1.05 bits per heavy atom. The van der Waals surface area contributed by atoms with Crippen LogP contribution in [0.4, 0.5) is 0 Å². The summed E-state index contributed by atoms with van der Waals surface area (Å²) < 4.78 is 0. The van der Waals surface area contributed by atoms with Crippen LogP contribution in [0.2, 0.25) is 0 Å². The first-order valence-electron chi connectivity index (χ1n) is 7.34. The van der Waals surface area contributed by atoms with Gasteiger partial charge in [0.2, 0.25) is 0 Å². The van der Waals surface area contributed by atoms with E-state index in [1.54, 1.807) is 0 Å². The number of benzene rings is 1. The Kier molecular flexibility index (Phi) is 6.95.